The lowest BCUT2D eigenvalue weighted by Crippen LogP contribution is -2.41. The molecule has 1 heterocycles. The van der Waals surface area contributed by atoms with Crippen molar-refractivity contribution in [2.24, 2.45) is 0 Å². The van der Waals surface area contributed by atoms with Crippen LogP contribution in [0.3, 0.4) is 0 Å². The minimum atomic E-state index is 0.421. The summed E-state index contributed by atoms with van der Waals surface area (Å²) in [6.45, 7) is 6.20. The summed E-state index contributed by atoms with van der Waals surface area (Å²) in [5.41, 5.74) is 1.37. The van der Waals surface area contributed by atoms with Crippen LogP contribution in [0.5, 0.6) is 0 Å². The van der Waals surface area contributed by atoms with Gasteiger partial charge in [-0.3, -0.25) is 4.90 Å². The zero-order valence-corrected chi connectivity index (χ0v) is 11.2. The quantitative estimate of drug-likeness (QED) is 0.846. The average Bonchev–Trinajstić information content (AvgIpc) is 2.32. The molecule has 2 nitrogen and oxygen atoms in total. The lowest BCUT2D eigenvalue weighted by Gasteiger charge is -2.32. The Labute approximate surface area is 106 Å². The van der Waals surface area contributed by atoms with Gasteiger partial charge in [-0.1, -0.05) is 35.0 Å². The van der Waals surface area contributed by atoms with Gasteiger partial charge in [0.05, 0.1) is 12.7 Å². The van der Waals surface area contributed by atoms with Gasteiger partial charge in [0, 0.05) is 24.1 Å². The summed E-state index contributed by atoms with van der Waals surface area (Å²) in [7, 11) is 0. The Balaban J connectivity index is 1.91. The number of hydrogen-bond acceptors (Lipinski definition) is 2. The molecular formula is C13H18BrNO. The van der Waals surface area contributed by atoms with Gasteiger partial charge in [0.25, 0.3) is 0 Å². The predicted octanol–water partition coefficient (Wildman–Crippen LogP) is 3.06. The Morgan fingerprint density at radius 3 is 2.81 bits per heavy atom. The van der Waals surface area contributed by atoms with E-state index in [1.54, 1.807) is 0 Å². The first-order valence-electron chi connectivity index (χ1n) is 5.86. The van der Waals surface area contributed by atoms with E-state index < -0.39 is 0 Å². The third kappa shape index (κ3) is 3.30. The summed E-state index contributed by atoms with van der Waals surface area (Å²) in [6.07, 6.45) is 1.53. The van der Waals surface area contributed by atoms with Crippen LogP contribution in [0, 0.1) is 0 Å². The number of rotatable bonds is 3. The van der Waals surface area contributed by atoms with Crippen molar-refractivity contribution in [1.82, 2.24) is 4.90 Å². The van der Waals surface area contributed by atoms with Crippen molar-refractivity contribution in [2.45, 2.75) is 26.0 Å². The third-order valence-electron chi connectivity index (χ3n) is 3.00. The molecule has 1 aromatic carbocycles. The molecular weight excluding hydrogens is 266 g/mol. The summed E-state index contributed by atoms with van der Waals surface area (Å²) in [4.78, 5) is 2.47. The van der Waals surface area contributed by atoms with Gasteiger partial charge in [-0.15, -0.1) is 0 Å². The molecule has 1 fully saturated rings. The fourth-order valence-corrected chi connectivity index (χ4v) is 2.28. The molecule has 0 aromatic heterocycles. The number of benzene rings is 1. The van der Waals surface area contributed by atoms with Crippen LogP contribution in [0.25, 0.3) is 0 Å². The first kappa shape index (κ1) is 12.1. The van der Waals surface area contributed by atoms with Crippen LogP contribution in [-0.4, -0.2) is 30.7 Å². The highest BCUT2D eigenvalue weighted by Crippen LogP contribution is 2.15. The first-order valence-corrected chi connectivity index (χ1v) is 6.65. The zero-order chi connectivity index (χ0) is 11.4. The molecule has 0 saturated carbocycles. The monoisotopic (exact) mass is 283 g/mol. The number of morpholine rings is 1. The van der Waals surface area contributed by atoms with Gasteiger partial charge < -0.3 is 4.74 Å². The first-order chi connectivity index (χ1) is 7.78. The van der Waals surface area contributed by atoms with Crippen LogP contribution in [-0.2, 0) is 11.3 Å². The minimum absolute atomic E-state index is 0.421. The topological polar surface area (TPSA) is 12.5 Å². The van der Waals surface area contributed by atoms with Crippen LogP contribution in [0.2, 0.25) is 0 Å². The summed E-state index contributed by atoms with van der Waals surface area (Å²) >= 11 is 3.46. The maximum absolute atomic E-state index is 5.66. The number of nitrogens with zero attached hydrogens (tertiary/aromatic N) is 1. The molecule has 1 aromatic rings. The van der Waals surface area contributed by atoms with E-state index in [9.17, 15) is 0 Å². The number of halogens is 1. The molecule has 0 spiro atoms. The van der Waals surface area contributed by atoms with Gasteiger partial charge in [0.15, 0.2) is 0 Å². The molecule has 1 aliphatic heterocycles. The van der Waals surface area contributed by atoms with E-state index in [0.29, 0.717) is 6.10 Å². The van der Waals surface area contributed by atoms with Gasteiger partial charge in [-0.25, -0.2) is 0 Å². The smallest absolute Gasteiger partial charge is 0.0700 e. The average molecular weight is 284 g/mol. The van der Waals surface area contributed by atoms with Gasteiger partial charge in [0.1, 0.15) is 0 Å². The fourth-order valence-electron chi connectivity index (χ4n) is 2.02. The highest BCUT2D eigenvalue weighted by atomic mass is 79.9. The van der Waals surface area contributed by atoms with Crippen molar-refractivity contribution in [3.63, 3.8) is 0 Å². The summed E-state index contributed by atoms with van der Waals surface area (Å²) in [6, 6.07) is 8.57. The van der Waals surface area contributed by atoms with Crippen molar-refractivity contribution >= 4 is 15.9 Å². The second-order valence-corrected chi connectivity index (χ2v) is 5.18. The molecule has 0 radical (unpaired) electrons. The standard InChI is InChI=1S/C13H18BrNO/c1-2-13-10-15(7-8-16-13)9-11-3-5-12(14)6-4-11/h3-6,13H,2,7-10H2,1H3. The van der Waals surface area contributed by atoms with Crippen LogP contribution in [0.15, 0.2) is 28.7 Å². The normalized spacial score (nSPS) is 22.2. The summed E-state index contributed by atoms with van der Waals surface area (Å²) in [5.74, 6) is 0. The number of ether oxygens (including phenoxy) is 1. The van der Waals surface area contributed by atoms with Gasteiger partial charge in [0.2, 0.25) is 0 Å². The Morgan fingerprint density at radius 1 is 1.38 bits per heavy atom. The molecule has 0 N–H and O–H groups in total. The number of hydrogen-bond donors (Lipinski definition) is 0. The Hall–Kier alpha value is -0.380. The lowest BCUT2D eigenvalue weighted by atomic mass is 10.1. The Kier molecular flexibility index (Phi) is 4.38. The largest absolute Gasteiger partial charge is 0.376 e. The second-order valence-electron chi connectivity index (χ2n) is 4.26. The van der Waals surface area contributed by atoms with E-state index >= 15 is 0 Å². The van der Waals surface area contributed by atoms with Crippen molar-refractivity contribution in [2.75, 3.05) is 19.7 Å². The molecule has 0 aliphatic carbocycles. The van der Waals surface area contributed by atoms with Crippen molar-refractivity contribution in [1.29, 1.82) is 0 Å². The van der Waals surface area contributed by atoms with E-state index in [4.69, 9.17) is 4.74 Å². The molecule has 0 bridgehead atoms. The molecule has 1 aliphatic rings. The SMILES string of the molecule is CCC1CN(Cc2ccc(Br)cc2)CCO1. The van der Waals surface area contributed by atoms with Gasteiger partial charge in [-0.2, -0.15) is 0 Å². The Morgan fingerprint density at radius 2 is 2.12 bits per heavy atom. The summed E-state index contributed by atoms with van der Waals surface area (Å²) in [5, 5.41) is 0. The van der Waals surface area contributed by atoms with E-state index in [0.717, 1.165) is 37.1 Å². The predicted molar refractivity (Wildman–Crippen MR) is 69.5 cm³/mol. The van der Waals surface area contributed by atoms with Crippen LogP contribution in [0.1, 0.15) is 18.9 Å². The molecule has 1 unspecified atom stereocenters. The van der Waals surface area contributed by atoms with Crippen LogP contribution >= 0.6 is 15.9 Å². The minimum Gasteiger partial charge on any atom is -0.376 e. The third-order valence-corrected chi connectivity index (χ3v) is 3.53. The van der Waals surface area contributed by atoms with E-state index in [-0.39, 0.29) is 0 Å². The van der Waals surface area contributed by atoms with E-state index in [1.165, 1.54) is 5.56 Å². The van der Waals surface area contributed by atoms with E-state index in [1.807, 2.05) is 0 Å². The van der Waals surface area contributed by atoms with Crippen LogP contribution < -0.4 is 0 Å². The van der Waals surface area contributed by atoms with Crippen molar-refractivity contribution < 1.29 is 4.74 Å². The molecule has 1 saturated heterocycles. The van der Waals surface area contributed by atoms with Gasteiger partial charge in [-0.05, 0) is 24.1 Å². The molecule has 2 rings (SSSR count). The van der Waals surface area contributed by atoms with Crippen molar-refractivity contribution in [3.8, 4) is 0 Å². The van der Waals surface area contributed by atoms with Gasteiger partial charge >= 0.3 is 0 Å². The molecule has 3 heteroatoms. The Bertz CT molecular complexity index is 325. The highest BCUT2D eigenvalue weighted by Gasteiger charge is 2.18. The lowest BCUT2D eigenvalue weighted by molar-refractivity contribution is -0.0324. The zero-order valence-electron chi connectivity index (χ0n) is 9.66. The fraction of sp³-hybridized carbons (Fsp3) is 0.538. The highest BCUT2D eigenvalue weighted by molar-refractivity contribution is 9.10. The van der Waals surface area contributed by atoms with E-state index in [2.05, 4.69) is 52.0 Å². The van der Waals surface area contributed by atoms with Crippen molar-refractivity contribution in [3.05, 3.63) is 34.3 Å². The second kappa shape index (κ2) is 5.80. The molecule has 0 amide bonds. The maximum Gasteiger partial charge on any atom is 0.0700 e. The molecule has 1 atom stereocenters. The molecule has 16 heavy (non-hydrogen) atoms. The van der Waals surface area contributed by atoms with Crippen LogP contribution in [0.4, 0.5) is 0 Å². The maximum atomic E-state index is 5.66. The summed E-state index contributed by atoms with van der Waals surface area (Å²) < 4.78 is 6.81. The molecule has 88 valence electrons.